The number of ketones is 1. The first-order valence-electron chi connectivity index (χ1n) is 26.2. The molecule has 0 radical (unpaired) electrons. The summed E-state index contributed by atoms with van der Waals surface area (Å²) in [5.41, 5.74) is 4.07. The van der Waals surface area contributed by atoms with Crippen molar-refractivity contribution in [1.82, 2.24) is 0 Å². The summed E-state index contributed by atoms with van der Waals surface area (Å²) >= 11 is 0. The van der Waals surface area contributed by atoms with Gasteiger partial charge in [-0.25, -0.2) is 14.4 Å². The van der Waals surface area contributed by atoms with Gasteiger partial charge in [0, 0.05) is 35.0 Å². The van der Waals surface area contributed by atoms with Crippen LogP contribution >= 0.6 is 0 Å². The molecule has 0 aromatic rings. The lowest BCUT2D eigenvalue weighted by Crippen LogP contribution is -2.55. The lowest BCUT2D eigenvalue weighted by molar-refractivity contribution is -0.213. The van der Waals surface area contributed by atoms with Crippen molar-refractivity contribution in [2.75, 3.05) is 6.61 Å². The fourth-order valence-corrected chi connectivity index (χ4v) is 12.6. The number of carbonyl (C=O) groups is 4. The van der Waals surface area contributed by atoms with Crippen LogP contribution in [0.25, 0.3) is 0 Å². The zero-order chi connectivity index (χ0) is 48.2. The Kier molecular flexibility index (Phi) is 20.6. The van der Waals surface area contributed by atoms with Gasteiger partial charge in [0.1, 0.15) is 12.2 Å². The Balaban J connectivity index is 0.000000230. The van der Waals surface area contributed by atoms with E-state index in [0.29, 0.717) is 35.0 Å². The van der Waals surface area contributed by atoms with E-state index < -0.39 is 36.4 Å². The summed E-state index contributed by atoms with van der Waals surface area (Å²) in [4.78, 5) is 49.7. The summed E-state index contributed by atoms with van der Waals surface area (Å²) in [6.45, 7) is 20.7. The Morgan fingerprint density at radius 1 is 0.576 bits per heavy atom. The molecule has 6 aliphatic carbocycles. The molecular weight excluding hydrogens is 829 g/mol. The van der Waals surface area contributed by atoms with Crippen molar-refractivity contribution in [3.05, 3.63) is 58.2 Å². The minimum Gasteiger partial charge on any atom is -0.458 e. The van der Waals surface area contributed by atoms with Crippen molar-refractivity contribution >= 4 is 23.7 Å². The summed E-state index contributed by atoms with van der Waals surface area (Å²) < 4.78 is 22.3. The van der Waals surface area contributed by atoms with Crippen LogP contribution in [0.15, 0.2) is 58.2 Å². The van der Waals surface area contributed by atoms with Crippen molar-refractivity contribution in [2.24, 2.45) is 59.2 Å². The fourth-order valence-electron chi connectivity index (χ4n) is 12.6. The van der Waals surface area contributed by atoms with Crippen molar-refractivity contribution in [3.8, 4) is 0 Å². The standard InChI is InChI=1S/C33H48O3.C16H24O6.C8H16/c1-5-20(3)31(34)19-23-12-14-29-28-16-15-25-24-10-8-7-9-22(24)11-13-26(25)27(28)17-18-30(29)32(23)36-33(35)21(4)6-2;1-6-9(3)15(18)21-13-11(5)20-8-12(17)14(13)22-16(19)10(4)7-2;1-7-5-3-4-6-8(7)2/h5-6,16,22-27,29-30,32H,7-15,17-19H2,1-4H3;6-7,11-14,17H,8H2,1-5H3;7-8H,3-6H2,1-2H3/b20-5-,21-6-;9-6-,10-7-;/t22?,23-,24?,25?,26?,27?,29?,30?,32-;11?,12?,13-,14+;7-,8-/m001/s1. The number of aliphatic hydroxyl groups is 1. The highest BCUT2D eigenvalue weighted by atomic mass is 16.6. The number of aliphatic hydroxyl groups excluding tert-OH is 1. The zero-order valence-corrected chi connectivity index (χ0v) is 42.8. The molecule has 6 fully saturated rings. The molecule has 9 nitrogen and oxygen atoms in total. The van der Waals surface area contributed by atoms with Crippen LogP contribution in [0, 0.1) is 59.2 Å². The summed E-state index contributed by atoms with van der Waals surface area (Å²) in [6, 6.07) is 0. The van der Waals surface area contributed by atoms with E-state index in [1.807, 2.05) is 39.8 Å². The second-order valence-electron chi connectivity index (χ2n) is 21.3. The number of fused-ring (bicyclic) bond motifs is 7. The van der Waals surface area contributed by atoms with Gasteiger partial charge >= 0.3 is 17.9 Å². The van der Waals surface area contributed by atoms with Gasteiger partial charge in [0.25, 0.3) is 0 Å². The van der Waals surface area contributed by atoms with E-state index in [-0.39, 0.29) is 30.4 Å². The van der Waals surface area contributed by atoms with Gasteiger partial charge < -0.3 is 24.1 Å². The topological polar surface area (TPSA) is 125 Å². The van der Waals surface area contributed by atoms with Crippen LogP contribution in [-0.4, -0.2) is 65.9 Å². The molecule has 15 atom stereocenters. The van der Waals surface area contributed by atoms with E-state index in [1.165, 1.54) is 77.0 Å². The molecule has 1 saturated heterocycles. The molecule has 7 aliphatic rings. The minimum absolute atomic E-state index is 0.0185. The van der Waals surface area contributed by atoms with Gasteiger partial charge in [0.15, 0.2) is 18.0 Å². The van der Waals surface area contributed by atoms with Gasteiger partial charge in [-0.2, -0.15) is 0 Å². The third-order valence-corrected chi connectivity index (χ3v) is 17.6. The minimum atomic E-state index is -1.05. The number of hydrogen-bond acceptors (Lipinski definition) is 9. The normalized spacial score (nSPS) is 37.0. The SMILES string of the molecule is C/C=C(/C)C(=O)C[C@@H]1CCC2C3=CCC4C5CCCCC5CCC4C3CCC2[C@H]1OC(=O)/C(C)=C\C.C/C=C(/C)C(=O)O[C@@H]1C(O)COC(C)[C@@H]1OC(=O)/C(C)=C\C.C[C@@H]1CCCC[C@H]1C. The van der Waals surface area contributed by atoms with Crippen LogP contribution in [0.3, 0.4) is 0 Å². The second kappa shape index (κ2) is 25.3. The van der Waals surface area contributed by atoms with E-state index in [4.69, 9.17) is 18.9 Å². The summed E-state index contributed by atoms with van der Waals surface area (Å²) in [5, 5.41) is 10.0. The second-order valence-corrected chi connectivity index (χ2v) is 21.3. The van der Waals surface area contributed by atoms with Crippen molar-refractivity contribution < 1.29 is 43.2 Å². The third-order valence-electron chi connectivity index (χ3n) is 17.6. The maximum atomic E-state index is 12.9. The molecule has 9 heteroatoms. The van der Waals surface area contributed by atoms with Crippen LogP contribution in [0.1, 0.15) is 179 Å². The van der Waals surface area contributed by atoms with Crippen LogP contribution in [0.5, 0.6) is 0 Å². The Morgan fingerprint density at radius 2 is 1.08 bits per heavy atom. The maximum Gasteiger partial charge on any atom is 0.333 e. The molecule has 370 valence electrons. The monoisotopic (exact) mass is 917 g/mol. The number of allylic oxidation sites excluding steroid dienone is 7. The van der Waals surface area contributed by atoms with E-state index in [2.05, 4.69) is 19.9 Å². The Morgan fingerprint density at radius 3 is 1.65 bits per heavy atom. The van der Waals surface area contributed by atoms with E-state index in [0.717, 1.165) is 66.3 Å². The number of ether oxygens (including phenoxy) is 4. The Labute approximate surface area is 399 Å². The summed E-state index contributed by atoms with van der Waals surface area (Å²) in [7, 11) is 0. The molecule has 0 spiro atoms. The van der Waals surface area contributed by atoms with E-state index in [1.54, 1.807) is 52.3 Å². The average Bonchev–Trinajstić information content (AvgIpc) is 3.33. The predicted molar refractivity (Wildman–Crippen MR) is 262 cm³/mol. The molecule has 5 saturated carbocycles. The molecule has 7 rings (SSSR count). The van der Waals surface area contributed by atoms with Gasteiger partial charge in [0.05, 0.1) is 12.7 Å². The smallest absolute Gasteiger partial charge is 0.333 e. The highest BCUT2D eigenvalue weighted by molar-refractivity contribution is 5.95. The molecule has 1 N–H and O–H groups in total. The fraction of sp³-hybridized carbons (Fsp3) is 0.754. The number of hydrogen-bond donors (Lipinski definition) is 1. The van der Waals surface area contributed by atoms with Gasteiger partial charge in [-0.15, -0.1) is 0 Å². The number of carbonyl (C=O) groups excluding carboxylic acids is 4. The molecule has 0 amide bonds. The number of rotatable bonds is 9. The first kappa shape index (κ1) is 53.7. The zero-order valence-electron chi connectivity index (χ0n) is 42.8. The van der Waals surface area contributed by atoms with Crippen LogP contribution in [0.2, 0.25) is 0 Å². The lowest BCUT2D eigenvalue weighted by Gasteiger charge is -2.55. The third kappa shape index (κ3) is 13.3. The van der Waals surface area contributed by atoms with Crippen LogP contribution in [-0.2, 0) is 38.1 Å². The van der Waals surface area contributed by atoms with Gasteiger partial charge in [0.2, 0.25) is 0 Å². The first-order valence-corrected chi connectivity index (χ1v) is 26.2. The number of esters is 3. The highest BCUT2D eigenvalue weighted by Crippen LogP contribution is 2.59. The Bertz CT molecular complexity index is 1760. The summed E-state index contributed by atoms with van der Waals surface area (Å²) in [5.74, 6) is 6.50. The lowest BCUT2D eigenvalue weighted by atomic mass is 9.50. The van der Waals surface area contributed by atoms with Crippen molar-refractivity contribution in [2.45, 2.75) is 209 Å². The van der Waals surface area contributed by atoms with Crippen LogP contribution < -0.4 is 0 Å². The molecule has 1 aliphatic heterocycles. The van der Waals surface area contributed by atoms with Crippen LogP contribution in [0.4, 0.5) is 0 Å². The molecule has 0 bridgehead atoms. The first-order chi connectivity index (χ1) is 31.5. The molecule has 1 heterocycles. The van der Waals surface area contributed by atoms with E-state index in [9.17, 15) is 24.3 Å². The Hall–Kier alpha value is -3.30. The average molecular weight is 917 g/mol. The quantitative estimate of drug-likeness (QED) is 0.104. The summed E-state index contributed by atoms with van der Waals surface area (Å²) in [6.07, 6.45) is 27.1. The highest BCUT2D eigenvalue weighted by Gasteiger charge is 2.52. The molecular formula is C57H88O9. The molecule has 66 heavy (non-hydrogen) atoms. The van der Waals surface area contributed by atoms with Gasteiger partial charge in [-0.05, 0) is 167 Å². The van der Waals surface area contributed by atoms with Crippen molar-refractivity contribution in [3.63, 3.8) is 0 Å². The maximum absolute atomic E-state index is 12.9. The number of Topliss-reactive ketones (excluding diaryl/α,β-unsaturated/α-hetero) is 1. The van der Waals surface area contributed by atoms with Crippen molar-refractivity contribution in [1.29, 1.82) is 0 Å². The van der Waals surface area contributed by atoms with Gasteiger partial charge in [-0.1, -0.05) is 94.7 Å². The largest absolute Gasteiger partial charge is 0.458 e. The van der Waals surface area contributed by atoms with E-state index >= 15 is 0 Å². The predicted octanol–water partition coefficient (Wildman–Crippen LogP) is 12.4. The van der Waals surface area contributed by atoms with Gasteiger partial charge in [-0.3, -0.25) is 4.79 Å². The molecule has 0 aromatic heterocycles. The molecule has 9 unspecified atom stereocenters. The molecule has 0 aromatic carbocycles.